The molecular weight excluding hydrogens is 369 g/mol. The molecule has 0 bridgehead atoms. The SMILES string of the molecule is CC1=NN(C(=O)c2cc(-c3ccc4c(c3)OCO4)n[nH]2)[C@@](O)(C(F)(F)F)C1. The number of carbonyl (C=O) groups excluding carboxylic acids is 1. The van der Waals surface area contributed by atoms with Crippen LogP contribution >= 0.6 is 0 Å². The van der Waals surface area contributed by atoms with E-state index < -0.39 is 24.2 Å². The van der Waals surface area contributed by atoms with Crippen LogP contribution in [0.15, 0.2) is 29.4 Å². The van der Waals surface area contributed by atoms with E-state index in [0.717, 1.165) is 0 Å². The van der Waals surface area contributed by atoms with Crippen LogP contribution in [-0.2, 0) is 0 Å². The largest absolute Gasteiger partial charge is 0.454 e. The molecule has 2 aromatic rings. The summed E-state index contributed by atoms with van der Waals surface area (Å²) in [6.07, 6.45) is -5.88. The van der Waals surface area contributed by atoms with Crippen LogP contribution in [0.4, 0.5) is 13.2 Å². The fourth-order valence-electron chi connectivity index (χ4n) is 2.90. The summed E-state index contributed by atoms with van der Waals surface area (Å²) in [6, 6.07) is 6.24. The highest BCUT2D eigenvalue weighted by Gasteiger charge is 2.62. The lowest BCUT2D eigenvalue weighted by Gasteiger charge is -2.32. The van der Waals surface area contributed by atoms with E-state index in [2.05, 4.69) is 15.3 Å². The standard InChI is InChI=1S/C16H13F3N4O4/c1-8-6-15(25,16(17,18)19)23(22-8)14(24)11-5-10(20-21-11)9-2-3-12-13(4-9)27-7-26-12/h2-5,25H,6-7H2,1H3,(H,20,21)/t15-/m0/s1. The predicted octanol–water partition coefficient (Wildman–Crippen LogP) is 2.28. The van der Waals surface area contributed by atoms with Crippen LogP contribution in [0.3, 0.4) is 0 Å². The Bertz CT molecular complexity index is 955. The first-order valence-electron chi connectivity index (χ1n) is 7.82. The molecule has 11 heteroatoms. The Morgan fingerprint density at radius 2 is 2.04 bits per heavy atom. The fourth-order valence-corrected chi connectivity index (χ4v) is 2.90. The quantitative estimate of drug-likeness (QED) is 0.830. The number of hydrogen-bond donors (Lipinski definition) is 2. The zero-order valence-corrected chi connectivity index (χ0v) is 13.9. The Morgan fingerprint density at radius 3 is 2.78 bits per heavy atom. The summed E-state index contributed by atoms with van der Waals surface area (Å²) < 4.78 is 50.3. The topological polar surface area (TPSA) is 100 Å². The molecule has 0 spiro atoms. The van der Waals surface area contributed by atoms with E-state index in [1.165, 1.54) is 13.0 Å². The number of fused-ring (bicyclic) bond motifs is 1. The molecule has 8 nitrogen and oxygen atoms in total. The predicted molar refractivity (Wildman–Crippen MR) is 85.0 cm³/mol. The van der Waals surface area contributed by atoms with Gasteiger partial charge in [-0.15, -0.1) is 0 Å². The Kier molecular flexibility index (Phi) is 3.67. The van der Waals surface area contributed by atoms with Crippen LogP contribution in [0.2, 0.25) is 0 Å². The number of benzene rings is 1. The van der Waals surface area contributed by atoms with Crippen LogP contribution in [0, 0.1) is 0 Å². The Balaban J connectivity index is 1.64. The molecule has 0 unspecified atom stereocenters. The van der Waals surface area contributed by atoms with E-state index >= 15 is 0 Å². The van der Waals surface area contributed by atoms with Gasteiger partial charge in [0.2, 0.25) is 6.79 Å². The molecule has 2 aliphatic rings. The number of rotatable bonds is 2. The average molecular weight is 382 g/mol. The molecule has 27 heavy (non-hydrogen) atoms. The second-order valence-corrected chi connectivity index (χ2v) is 6.18. The van der Waals surface area contributed by atoms with E-state index in [9.17, 15) is 23.1 Å². The van der Waals surface area contributed by atoms with Crippen molar-refractivity contribution in [3.8, 4) is 22.8 Å². The zero-order valence-electron chi connectivity index (χ0n) is 13.9. The van der Waals surface area contributed by atoms with Gasteiger partial charge in [-0.1, -0.05) is 0 Å². The smallest absolute Gasteiger partial charge is 0.438 e. The monoisotopic (exact) mass is 382 g/mol. The number of alkyl halides is 3. The molecule has 142 valence electrons. The zero-order chi connectivity index (χ0) is 19.4. The van der Waals surface area contributed by atoms with Crippen molar-refractivity contribution >= 4 is 11.6 Å². The van der Waals surface area contributed by atoms with Crippen LogP contribution in [-0.4, -0.2) is 50.6 Å². The van der Waals surface area contributed by atoms with Gasteiger partial charge in [-0.25, -0.2) is 0 Å². The Morgan fingerprint density at radius 1 is 1.30 bits per heavy atom. The van der Waals surface area contributed by atoms with Crippen molar-refractivity contribution < 1.29 is 32.5 Å². The number of halogens is 3. The molecule has 0 aliphatic carbocycles. The van der Waals surface area contributed by atoms with Crippen LogP contribution in [0.1, 0.15) is 23.8 Å². The number of carbonyl (C=O) groups is 1. The molecule has 1 amide bonds. The lowest BCUT2D eigenvalue weighted by molar-refractivity contribution is -0.297. The number of aromatic nitrogens is 2. The number of ether oxygens (including phenoxy) is 2. The number of nitrogens with zero attached hydrogens (tertiary/aromatic N) is 3. The Hall–Kier alpha value is -3.08. The summed E-state index contributed by atoms with van der Waals surface area (Å²) in [6.45, 7) is 1.39. The molecule has 0 radical (unpaired) electrons. The number of hydrazone groups is 1. The molecular formula is C16H13F3N4O4. The first-order chi connectivity index (χ1) is 12.7. The summed E-state index contributed by atoms with van der Waals surface area (Å²) >= 11 is 0. The van der Waals surface area contributed by atoms with Crippen molar-refractivity contribution in [3.63, 3.8) is 0 Å². The lowest BCUT2D eigenvalue weighted by Crippen LogP contribution is -2.56. The van der Waals surface area contributed by atoms with Crippen molar-refractivity contribution in [2.75, 3.05) is 6.79 Å². The fraction of sp³-hybridized carbons (Fsp3) is 0.312. The highest BCUT2D eigenvalue weighted by molar-refractivity contribution is 5.97. The molecule has 2 aliphatic heterocycles. The van der Waals surface area contributed by atoms with Crippen LogP contribution in [0.5, 0.6) is 11.5 Å². The first kappa shape index (κ1) is 17.3. The maximum absolute atomic E-state index is 13.3. The van der Waals surface area contributed by atoms with Gasteiger partial charge in [0, 0.05) is 17.7 Å². The van der Waals surface area contributed by atoms with Gasteiger partial charge < -0.3 is 14.6 Å². The van der Waals surface area contributed by atoms with Crippen molar-refractivity contribution in [2.24, 2.45) is 5.10 Å². The molecule has 1 atom stereocenters. The molecule has 0 saturated heterocycles. The van der Waals surface area contributed by atoms with Gasteiger partial charge in [-0.05, 0) is 31.2 Å². The third-order valence-electron chi connectivity index (χ3n) is 4.25. The van der Waals surface area contributed by atoms with E-state index in [0.29, 0.717) is 22.8 Å². The number of aliphatic hydroxyl groups is 1. The van der Waals surface area contributed by atoms with Gasteiger partial charge in [0.05, 0.1) is 5.69 Å². The highest BCUT2D eigenvalue weighted by Crippen LogP contribution is 2.41. The number of H-pyrrole nitrogens is 1. The first-order valence-corrected chi connectivity index (χ1v) is 7.82. The maximum Gasteiger partial charge on any atom is 0.438 e. The molecule has 3 heterocycles. The van der Waals surface area contributed by atoms with E-state index in [4.69, 9.17) is 9.47 Å². The van der Waals surface area contributed by atoms with Gasteiger partial charge in [-0.3, -0.25) is 9.89 Å². The lowest BCUT2D eigenvalue weighted by atomic mass is 10.1. The van der Waals surface area contributed by atoms with Crippen molar-refractivity contribution in [3.05, 3.63) is 30.0 Å². The maximum atomic E-state index is 13.3. The molecule has 1 aromatic carbocycles. The van der Waals surface area contributed by atoms with Crippen molar-refractivity contribution in [2.45, 2.75) is 25.2 Å². The summed E-state index contributed by atoms with van der Waals surface area (Å²) in [7, 11) is 0. The number of aromatic amines is 1. The summed E-state index contributed by atoms with van der Waals surface area (Å²) in [5.41, 5.74) is -2.77. The van der Waals surface area contributed by atoms with Crippen LogP contribution in [0.25, 0.3) is 11.3 Å². The molecule has 2 N–H and O–H groups in total. The summed E-state index contributed by atoms with van der Waals surface area (Å²) in [5.74, 6) is -0.0940. The number of nitrogens with one attached hydrogen (secondary N) is 1. The van der Waals surface area contributed by atoms with Gasteiger partial charge in [0.15, 0.2) is 11.5 Å². The van der Waals surface area contributed by atoms with E-state index in [-0.39, 0.29) is 23.2 Å². The average Bonchev–Trinajstić information content (AvgIpc) is 3.31. The van der Waals surface area contributed by atoms with Crippen LogP contribution < -0.4 is 9.47 Å². The third-order valence-corrected chi connectivity index (χ3v) is 4.25. The van der Waals surface area contributed by atoms with Crippen molar-refractivity contribution in [1.82, 2.24) is 15.2 Å². The van der Waals surface area contributed by atoms with E-state index in [1.54, 1.807) is 18.2 Å². The number of amides is 1. The highest BCUT2D eigenvalue weighted by atomic mass is 19.4. The third kappa shape index (κ3) is 2.70. The number of hydrogen-bond acceptors (Lipinski definition) is 6. The minimum absolute atomic E-state index is 0.0151. The molecule has 0 saturated carbocycles. The van der Waals surface area contributed by atoms with Gasteiger partial charge in [0.25, 0.3) is 11.6 Å². The molecule has 0 fully saturated rings. The second-order valence-electron chi connectivity index (χ2n) is 6.18. The normalized spacial score (nSPS) is 21.5. The van der Waals surface area contributed by atoms with Crippen molar-refractivity contribution in [1.29, 1.82) is 0 Å². The minimum Gasteiger partial charge on any atom is -0.454 e. The summed E-state index contributed by atoms with van der Waals surface area (Å²) in [4.78, 5) is 12.5. The van der Waals surface area contributed by atoms with E-state index in [1.807, 2.05) is 0 Å². The summed E-state index contributed by atoms with van der Waals surface area (Å²) in [5, 5.41) is 20.0. The molecule has 4 rings (SSSR count). The Labute approximate surface area is 150 Å². The van der Waals surface area contributed by atoms with Gasteiger partial charge >= 0.3 is 6.18 Å². The second kappa shape index (κ2) is 5.71. The van der Waals surface area contributed by atoms with Gasteiger partial charge in [-0.2, -0.15) is 28.4 Å². The molecule has 1 aromatic heterocycles. The van der Waals surface area contributed by atoms with Gasteiger partial charge in [0.1, 0.15) is 5.69 Å². The minimum atomic E-state index is -5.07.